The molecule has 0 aromatic carbocycles. The second-order valence-electron chi connectivity index (χ2n) is 24.6. The highest BCUT2D eigenvalue weighted by Gasteiger charge is 2.53. The number of aliphatic hydroxyl groups excluding tert-OH is 11. The Morgan fingerprint density at radius 1 is 0.414 bits per heavy atom. The van der Waals surface area contributed by atoms with Crippen molar-refractivity contribution < 1.29 is 89.4 Å². The van der Waals surface area contributed by atoms with Crippen LogP contribution in [0.4, 0.5) is 0 Å². The highest BCUT2D eigenvalue weighted by molar-refractivity contribution is 5.76. The lowest BCUT2D eigenvalue weighted by Gasteiger charge is -2.48. The Kier molecular flexibility index (Phi) is 45.7. The van der Waals surface area contributed by atoms with Gasteiger partial charge in [0.05, 0.1) is 38.6 Å². The number of hydrogen-bond acceptors (Lipinski definition) is 18. The third kappa shape index (κ3) is 32.7. The molecule has 12 N–H and O–H groups in total. The minimum atomic E-state index is -1.98. The van der Waals surface area contributed by atoms with Crippen LogP contribution in [-0.2, 0) is 33.2 Å². The maximum absolute atomic E-state index is 13.4. The molecule has 3 saturated heterocycles. The molecule has 17 unspecified atom stereocenters. The molecule has 3 aliphatic rings. The number of unbranched alkanes of at least 4 members (excludes halogenated alkanes) is 30. The molecule has 3 aliphatic heterocycles. The van der Waals surface area contributed by atoms with Gasteiger partial charge in [0.15, 0.2) is 18.9 Å². The molecule has 0 bridgehead atoms. The Bertz CT molecular complexity index is 1770. The number of hydrogen-bond donors (Lipinski definition) is 12. The molecule has 0 saturated carbocycles. The minimum Gasteiger partial charge on any atom is -0.394 e. The molecule has 0 aromatic heterocycles. The molecule has 0 aliphatic carbocycles. The Hall–Kier alpha value is -2.25. The predicted molar refractivity (Wildman–Crippen MR) is 337 cm³/mol. The molecule has 0 radical (unpaired) electrons. The SMILES string of the molecule is CCCCCCC/C=C\C/C=C\C/C=C\CCCCCCCCCCCCCCCCCCC(=O)NC(COC1OC(CO)C(OC2OC(CO)C(OC3OC(CO)C(O)C(O)C3O)C(O)C2O)C(O)C1O)C(O)/C=C/CCCCCCCCCCC. The van der Waals surface area contributed by atoms with Gasteiger partial charge in [-0.25, -0.2) is 0 Å². The van der Waals surface area contributed by atoms with Gasteiger partial charge in [0.2, 0.25) is 5.91 Å². The molecule has 3 heterocycles. The summed E-state index contributed by atoms with van der Waals surface area (Å²) in [6, 6.07) is -0.972. The summed E-state index contributed by atoms with van der Waals surface area (Å²) >= 11 is 0. The molecule has 87 heavy (non-hydrogen) atoms. The van der Waals surface area contributed by atoms with Gasteiger partial charge < -0.3 is 89.9 Å². The van der Waals surface area contributed by atoms with Crippen LogP contribution in [0, 0.1) is 0 Å². The van der Waals surface area contributed by atoms with E-state index in [1.165, 1.54) is 161 Å². The number of allylic oxidation sites excluding steroid dienone is 7. The maximum atomic E-state index is 13.4. The number of carbonyl (C=O) groups excluding carboxylic acids is 1. The summed E-state index contributed by atoms with van der Waals surface area (Å²) in [5, 5.41) is 120. The van der Waals surface area contributed by atoms with Crippen molar-refractivity contribution in [2.24, 2.45) is 0 Å². The lowest BCUT2D eigenvalue weighted by atomic mass is 9.96. The summed E-state index contributed by atoms with van der Waals surface area (Å²) in [7, 11) is 0. The standard InChI is InChI=1S/C68H123NO18/c1-3-5-7-9-11-13-15-16-17-18-19-20-21-22-23-24-25-26-27-28-29-30-31-32-33-34-36-38-40-42-44-46-56(74)69-51(52(73)45-43-41-39-37-35-14-12-10-8-6-4-2)50-82-66-62(80)59(77)64(54(48-71)84-66)87-68-63(81)60(78)65(55(49-72)85-68)86-67-61(79)58(76)57(75)53(47-70)83-67/h15-16,18-19,21-22,43,45,51-55,57-68,70-73,75-81H,3-14,17,20,23-42,44,46-50H2,1-2H3,(H,69,74)/b16-15-,19-18-,22-21-,45-43+. The lowest BCUT2D eigenvalue weighted by Crippen LogP contribution is -2.66. The zero-order chi connectivity index (χ0) is 63.3. The molecule has 17 atom stereocenters. The van der Waals surface area contributed by atoms with Gasteiger partial charge >= 0.3 is 0 Å². The first-order valence-corrected chi connectivity index (χ1v) is 34.4. The Labute approximate surface area is 523 Å². The van der Waals surface area contributed by atoms with E-state index in [0.29, 0.717) is 6.42 Å². The summed E-state index contributed by atoms with van der Waals surface area (Å²) in [6.07, 6.45) is 32.5. The fourth-order valence-corrected chi connectivity index (χ4v) is 11.5. The molecule has 1 amide bonds. The molecule has 0 aromatic rings. The number of aliphatic hydroxyl groups is 11. The average molecular weight is 1240 g/mol. The second-order valence-corrected chi connectivity index (χ2v) is 24.6. The van der Waals surface area contributed by atoms with E-state index in [0.717, 1.165) is 57.8 Å². The summed E-state index contributed by atoms with van der Waals surface area (Å²) in [4.78, 5) is 13.4. The van der Waals surface area contributed by atoms with Gasteiger partial charge in [-0.15, -0.1) is 0 Å². The number of ether oxygens (including phenoxy) is 6. The predicted octanol–water partition coefficient (Wildman–Crippen LogP) is 8.61. The highest BCUT2D eigenvalue weighted by atomic mass is 16.8. The monoisotopic (exact) mass is 1240 g/mol. The van der Waals surface area contributed by atoms with E-state index in [9.17, 15) is 61.0 Å². The van der Waals surface area contributed by atoms with Crippen molar-refractivity contribution in [2.75, 3.05) is 26.4 Å². The van der Waals surface area contributed by atoms with Crippen LogP contribution in [0.3, 0.4) is 0 Å². The summed E-state index contributed by atoms with van der Waals surface area (Å²) in [6.45, 7) is 1.70. The second kappa shape index (κ2) is 50.3. The van der Waals surface area contributed by atoms with E-state index in [1.54, 1.807) is 6.08 Å². The van der Waals surface area contributed by atoms with E-state index < -0.39 is 124 Å². The molecular formula is C68H123NO18. The quantitative estimate of drug-likeness (QED) is 0.0200. The molecule has 3 fully saturated rings. The normalized spacial score (nSPS) is 28.9. The highest BCUT2D eigenvalue weighted by Crippen LogP contribution is 2.33. The fourth-order valence-electron chi connectivity index (χ4n) is 11.5. The maximum Gasteiger partial charge on any atom is 0.220 e. The van der Waals surface area contributed by atoms with Crippen molar-refractivity contribution in [1.29, 1.82) is 0 Å². The molecular weight excluding hydrogens is 1120 g/mol. The number of carbonyl (C=O) groups is 1. The van der Waals surface area contributed by atoms with Crippen LogP contribution in [0.15, 0.2) is 48.6 Å². The fraction of sp³-hybridized carbons (Fsp3) is 0.868. The molecule has 0 spiro atoms. The van der Waals surface area contributed by atoms with Gasteiger partial charge in [-0.1, -0.05) is 229 Å². The van der Waals surface area contributed by atoms with Crippen molar-refractivity contribution >= 4 is 5.91 Å². The van der Waals surface area contributed by atoms with Gasteiger partial charge in [-0.3, -0.25) is 4.79 Å². The first-order chi connectivity index (χ1) is 42.3. The van der Waals surface area contributed by atoms with Crippen LogP contribution >= 0.6 is 0 Å². The van der Waals surface area contributed by atoms with Crippen LogP contribution in [0.2, 0.25) is 0 Å². The van der Waals surface area contributed by atoms with Gasteiger partial charge in [0.25, 0.3) is 0 Å². The Balaban J connectivity index is 1.36. The summed E-state index contributed by atoms with van der Waals surface area (Å²) in [5.74, 6) is -0.276. The van der Waals surface area contributed by atoms with Gasteiger partial charge in [0.1, 0.15) is 73.2 Å². The third-order valence-electron chi connectivity index (χ3n) is 17.1. The van der Waals surface area contributed by atoms with E-state index in [2.05, 4.69) is 55.6 Å². The van der Waals surface area contributed by atoms with E-state index in [-0.39, 0.29) is 18.9 Å². The summed E-state index contributed by atoms with van der Waals surface area (Å²) in [5.41, 5.74) is 0. The Morgan fingerprint density at radius 3 is 1.18 bits per heavy atom. The molecule has 19 heteroatoms. The van der Waals surface area contributed by atoms with Crippen LogP contribution in [-0.4, -0.2) is 193 Å². The number of amides is 1. The van der Waals surface area contributed by atoms with Gasteiger partial charge in [-0.2, -0.15) is 0 Å². The average Bonchev–Trinajstić information content (AvgIpc) is 3.71. The van der Waals surface area contributed by atoms with Crippen LogP contribution < -0.4 is 5.32 Å². The number of nitrogens with one attached hydrogen (secondary N) is 1. The Morgan fingerprint density at radius 2 is 0.759 bits per heavy atom. The minimum absolute atomic E-state index is 0.243. The van der Waals surface area contributed by atoms with E-state index >= 15 is 0 Å². The smallest absolute Gasteiger partial charge is 0.220 e. The zero-order valence-electron chi connectivity index (χ0n) is 53.5. The zero-order valence-corrected chi connectivity index (χ0v) is 53.5. The van der Waals surface area contributed by atoms with Crippen molar-refractivity contribution in [3.8, 4) is 0 Å². The van der Waals surface area contributed by atoms with Crippen molar-refractivity contribution in [3.63, 3.8) is 0 Å². The van der Waals surface area contributed by atoms with Crippen molar-refractivity contribution in [3.05, 3.63) is 48.6 Å². The van der Waals surface area contributed by atoms with Gasteiger partial charge in [0, 0.05) is 6.42 Å². The number of rotatable bonds is 52. The molecule has 19 nitrogen and oxygen atoms in total. The van der Waals surface area contributed by atoms with Crippen LogP contribution in [0.1, 0.15) is 245 Å². The van der Waals surface area contributed by atoms with Crippen LogP contribution in [0.5, 0.6) is 0 Å². The topological polar surface area (TPSA) is 307 Å². The third-order valence-corrected chi connectivity index (χ3v) is 17.1. The lowest BCUT2D eigenvalue weighted by molar-refractivity contribution is -0.379. The first kappa shape index (κ1) is 79.0. The van der Waals surface area contributed by atoms with Crippen molar-refractivity contribution in [2.45, 2.75) is 349 Å². The van der Waals surface area contributed by atoms with Crippen molar-refractivity contribution in [1.82, 2.24) is 5.32 Å². The molecule has 3 rings (SSSR count). The summed E-state index contributed by atoms with van der Waals surface area (Å²) < 4.78 is 34.3. The largest absolute Gasteiger partial charge is 0.394 e. The van der Waals surface area contributed by atoms with Crippen LogP contribution in [0.25, 0.3) is 0 Å². The first-order valence-electron chi connectivity index (χ1n) is 34.4. The van der Waals surface area contributed by atoms with Gasteiger partial charge in [-0.05, 0) is 57.8 Å². The van der Waals surface area contributed by atoms with E-state index in [4.69, 9.17) is 28.4 Å². The molecule has 508 valence electrons. The van der Waals surface area contributed by atoms with E-state index in [1.807, 2.05) is 6.08 Å².